The summed E-state index contributed by atoms with van der Waals surface area (Å²) < 4.78 is 39.2. The molecule has 0 aromatic heterocycles. The van der Waals surface area contributed by atoms with Gasteiger partial charge in [-0.2, -0.15) is 13.2 Å². The van der Waals surface area contributed by atoms with E-state index in [-0.39, 0.29) is 24.7 Å². The van der Waals surface area contributed by atoms with Crippen LogP contribution in [0.5, 0.6) is 0 Å². The molecule has 0 bridgehead atoms. The fraction of sp³-hybridized carbons (Fsp3) is 0.364. The van der Waals surface area contributed by atoms with Crippen LogP contribution in [0.3, 0.4) is 0 Å². The van der Waals surface area contributed by atoms with E-state index in [1.807, 2.05) is 30.3 Å². The lowest BCUT2D eigenvalue weighted by Crippen LogP contribution is -2.47. The predicted octanol–water partition coefficient (Wildman–Crippen LogP) is 4.28. The van der Waals surface area contributed by atoms with Crippen LogP contribution in [0.1, 0.15) is 41.5 Å². The highest BCUT2D eigenvalue weighted by Gasteiger charge is 2.48. The second-order valence-corrected chi connectivity index (χ2v) is 7.62. The molecular weight excluding hydrogens is 367 g/mol. The SMILES string of the molecule is O=C1CCC(C(=O)N2CCc3ccc(C(F)(F)F)cc3C2)(c2ccccc2)C1. The van der Waals surface area contributed by atoms with Gasteiger partial charge in [-0.1, -0.05) is 36.4 Å². The van der Waals surface area contributed by atoms with Gasteiger partial charge in [0.05, 0.1) is 11.0 Å². The topological polar surface area (TPSA) is 37.4 Å². The van der Waals surface area contributed by atoms with Gasteiger partial charge in [0.25, 0.3) is 0 Å². The van der Waals surface area contributed by atoms with Gasteiger partial charge >= 0.3 is 6.18 Å². The Morgan fingerprint density at radius 3 is 2.39 bits per heavy atom. The first-order chi connectivity index (χ1) is 13.3. The highest BCUT2D eigenvalue weighted by atomic mass is 19.4. The summed E-state index contributed by atoms with van der Waals surface area (Å²) in [6.07, 6.45) is -2.95. The molecule has 1 aliphatic heterocycles. The van der Waals surface area contributed by atoms with Crippen molar-refractivity contribution in [2.45, 2.75) is 43.8 Å². The van der Waals surface area contributed by atoms with Gasteiger partial charge in [0.2, 0.25) is 5.91 Å². The molecule has 2 aromatic rings. The second-order valence-electron chi connectivity index (χ2n) is 7.62. The largest absolute Gasteiger partial charge is 0.416 e. The van der Waals surface area contributed by atoms with E-state index in [4.69, 9.17) is 0 Å². The van der Waals surface area contributed by atoms with E-state index in [9.17, 15) is 22.8 Å². The average molecular weight is 387 g/mol. The standard InChI is InChI=1S/C22H20F3NO2/c23-22(24,25)18-7-6-15-9-11-26(14-16(15)12-18)20(28)21(10-8-19(27)13-21)17-4-2-1-3-5-17/h1-7,12H,8-11,13-14H2. The Bertz CT molecular complexity index is 923. The summed E-state index contributed by atoms with van der Waals surface area (Å²) in [7, 11) is 0. The first kappa shape index (κ1) is 18.7. The molecule has 1 atom stereocenters. The Morgan fingerprint density at radius 1 is 1.00 bits per heavy atom. The van der Waals surface area contributed by atoms with Gasteiger partial charge in [0.1, 0.15) is 5.78 Å². The molecule has 4 rings (SSSR count). The molecule has 0 saturated heterocycles. The number of carbonyl (C=O) groups is 2. The van der Waals surface area contributed by atoms with E-state index in [1.54, 1.807) is 4.90 Å². The number of alkyl halides is 3. The van der Waals surface area contributed by atoms with Gasteiger partial charge in [0.15, 0.2) is 0 Å². The van der Waals surface area contributed by atoms with Crippen LogP contribution in [0.4, 0.5) is 13.2 Å². The van der Waals surface area contributed by atoms with Crippen molar-refractivity contribution in [1.29, 1.82) is 0 Å². The van der Waals surface area contributed by atoms with Gasteiger partial charge in [-0.15, -0.1) is 0 Å². The van der Waals surface area contributed by atoms with Crippen molar-refractivity contribution in [1.82, 2.24) is 4.90 Å². The van der Waals surface area contributed by atoms with Crippen LogP contribution >= 0.6 is 0 Å². The molecule has 1 aliphatic carbocycles. The molecule has 1 amide bonds. The van der Waals surface area contributed by atoms with Crippen molar-refractivity contribution in [3.05, 3.63) is 70.8 Å². The second kappa shape index (κ2) is 6.76. The molecule has 28 heavy (non-hydrogen) atoms. The number of carbonyl (C=O) groups excluding carboxylic acids is 2. The van der Waals surface area contributed by atoms with Crippen molar-refractivity contribution in [2.24, 2.45) is 0 Å². The number of fused-ring (bicyclic) bond motifs is 1. The molecule has 0 N–H and O–H groups in total. The Labute approximate surface area is 161 Å². The fourth-order valence-corrected chi connectivity index (χ4v) is 4.39. The fourth-order valence-electron chi connectivity index (χ4n) is 4.39. The smallest absolute Gasteiger partial charge is 0.337 e. The molecule has 0 radical (unpaired) electrons. The molecule has 1 saturated carbocycles. The number of Topliss-reactive ketones (excluding diaryl/α,β-unsaturated/α-hetero) is 1. The normalized spacial score (nSPS) is 22.2. The van der Waals surface area contributed by atoms with Crippen LogP contribution in [-0.4, -0.2) is 23.1 Å². The van der Waals surface area contributed by atoms with Crippen molar-refractivity contribution >= 4 is 11.7 Å². The first-order valence-corrected chi connectivity index (χ1v) is 9.35. The maximum absolute atomic E-state index is 13.5. The molecule has 1 heterocycles. The van der Waals surface area contributed by atoms with E-state index in [1.165, 1.54) is 6.07 Å². The van der Waals surface area contributed by atoms with E-state index in [0.29, 0.717) is 31.4 Å². The molecular formula is C22H20F3NO2. The van der Waals surface area contributed by atoms with Crippen LogP contribution in [0.15, 0.2) is 48.5 Å². The number of hydrogen-bond acceptors (Lipinski definition) is 2. The number of halogens is 3. The van der Waals surface area contributed by atoms with Crippen LogP contribution < -0.4 is 0 Å². The summed E-state index contributed by atoms with van der Waals surface area (Å²) in [4.78, 5) is 27.2. The Morgan fingerprint density at radius 2 is 1.75 bits per heavy atom. The van der Waals surface area contributed by atoms with Gasteiger partial charge in [0, 0.05) is 25.9 Å². The highest BCUT2D eigenvalue weighted by molar-refractivity contribution is 5.97. The minimum absolute atomic E-state index is 0.0500. The van der Waals surface area contributed by atoms with E-state index >= 15 is 0 Å². The third kappa shape index (κ3) is 3.21. The first-order valence-electron chi connectivity index (χ1n) is 9.35. The average Bonchev–Trinajstić information content (AvgIpc) is 3.09. The molecule has 2 aliphatic rings. The number of rotatable bonds is 2. The minimum atomic E-state index is -4.41. The Kier molecular flexibility index (Phi) is 4.52. The number of benzene rings is 2. The van der Waals surface area contributed by atoms with Gasteiger partial charge in [-0.25, -0.2) is 0 Å². The van der Waals surface area contributed by atoms with Crippen molar-refractivity contribution in [2.75, 3.05) is 6.54 Å². The molecule has 3 nitrogen and oxygen atoms in total. The van der Waals surface area contributed by atoms with E-state index < -0.39 is 17.2 Å². The van der Waals surface area contributed by atoms with Crippen LogP contribution in [0.2, 0.25) is 0 Å². The molecule has 1 unspecified atom stereocenters. The quantitative estimate of drug-likeness (QED) is 0.771. The van der Waals surface area contributed by atoms with Crippen molar-refractivity contribution < 1.29 is 22.8 Å². The number of hydrogen-bond donors (Lipinski definition) is 0. The zero-order chi connectivity index (χ0) is 19.9. The van der Waals surface area contributed by atoms with E-state index in [0.717, 1.165) is 23.3 Å². The van der Waals surface area contributed by atoms with E-state index in [2.05, 4.69) is 0 Å². The lowest BCUT2D eigenvalue weighted by molar-refractivity contribution is -0.139. The predicted molar refractivity (Wildman–Crippen MR) is 97.5 cm³/mol. The molecule has 1 fully saturated rings. The third-order valence-electron chi connectivity index (χ3n) is 5.90. The zero-order valence-corrected chi connectivity index (χ0v) is 15.3. The summed E-state index contributed by atoms with van der Waals surface area (Å²) >= 11 is 0. The number of amides is 1. The zero-order valence-electron chi connectivity index (χ0n) is 15.3. The summed E-state index contributed by atoms with van der Waals surface area (Å²) in [6.45, 7) is 0.584. The number of nitrogens with zero attached hydrogens (tertiary/aromatic N) is 1. The summed E-state index contributed by atoms with van der Waals surface area (Å²) in [5, 5.41) is 0. The van der Waals surface area contributed by atoms with Gasteiger partial charge in [-0.3, -0.25) is 9.59 Å². The maximum atomic E-state index is 13.5. The Hall–Kier alpha value is -2.63. The lowest BCUT2D eigenvalue weighted by Gasteiger charge is -2.37. The molecule has 146 valence electrons. The van der Waals surface area contributed by atoms with Crippen molar-refractivity contribution in [3.63, 3.8) is 0 Å². The summed E-state index contributed by atoms with van der Waals surface area (Å²) in [6, 6.07) is 13.0. The van der Waals surface area contributed by atoms with Gasteiger partial charge < -0.3 is 4.90 Å². The molecule has 6 heteroatoms. The van der Waals surface area contributed by atoms with Crippen molar-refractivity contribution in [3.8, 4) is 0 Å². The summed E-state index contributed by atoms with van der Waals surface area (Å²) in [5.74, 6) is -0.110. The van der Waals surface area contributed by atoms with Crippen LogP contribution in [-0.2, 0) is 34.1 Å². The highest BCUT2D eigenvalue weighted by Crippen LogP contribution is 2.42. The lowest BCUT2D eigenvalue weighted by atomic mass is 9.77. The van der Waals surface area contributed by atoms with Gasteiger partial charge in [-0.05, 0) is 41.7 Å². The summed E-state index contributed by atoms with van der Waals surface area (Å²) in [5.41, 5.74) is 0.572. The maximum Gasteiger partial charge on any atom is 0.416 e. The van der Waals surface area contributed by atoms with Crippen LogP contribution in [0, 0.1) is 0 Å². The third-order valence-corrected chi connectivity index (χ3v) is 5.90. The molecule has 0 spiro atoms. The Balaban J connectivity index is 1.66. The monoisotopic (exact) mass is 387 g/mol. The number of ketones is 1. The minimum Gasteiger partial charge on any atom is -0.337 e. The molecule has 2 aromatic carbocycles. The van der Waals surface area contributed by atoms with Crippen LogP contribution in [0.25, 0.3) is 0 Å².